The maximum atomic E-state index is 12.2. The molecule has 0 spiro atoms. The van der Waals surface area contributed by atoms with Crippen LogP contribution in [0.2, 0.25) is 0 Å². The van der Waals surface area contributed by atoms with Crippen molar-refractivity contribution in [3.63, 3.8) is 0 Å². The predicted molar refractivity (Wildman–Crippen MR) is 82.4 cm³/mol. The Morgan fingerprint density at radius 3 is 2.80 bits per heavy atom. The van der Waals surface area contributed by atoms with Crippen molar-refractivity contribution in [1.82, 2.24) is 4.72 Å². The van der Waals surface area contributed by atoms with Crippen molar-refractivity contribution in [2.75, 3.05) is 24.2 Å². The molecule has 0 aromatic heterocycles. The molecular weight excluding hydrogens is 274 g/mol. The van der Waals surface area contributed by atoms with Crippen LogP contribution in [0.3, 0.4) is 0 Å². The first-order valence-electron chi connectivity index (χ1n) is 7.09. The lowest BCUT2D eigenvalue weighted by atomic mass is 9.99. The van der Waals surface area contributed by atoms with Gasteiger partial charge >= 0.3 is 0 Å². The molecule has 1 aliphatic rings. The fourth-order valence-electron chi connectivity index (χ4n) is 2.84. The molecule has 20 heavy (non-hydrogen) atoms. The molecule has 0 bridgehead atoms. The smallest absolute Gasteiger partial charge is 0.242 e. The van der Waals surface area contributed by atoms with Crippen molar-refractivity contribution in [2.24, 2.45) is 0 Å². The second-order valence-electron chi connectivity index (χ2n) is 5.19. The number of benzene rings is 1. The second kappa shape index (κ2) is 6.01. The van der Waals surface area contributed by atoms with Gasteiger partial charge in [0.05, 0.1) is 5.69 Å². The number of piperidine rings is 1. The van der Waals surface area contributed by atoms with Gasteiger partial charge in [-0.3, -0.25) is 0 Å². The standard InChI is InChI=1S/C14H23N3O2S/c1-3-12-6-4-5-9-17(12)13-8-7-11(15)10-14(13)20(18,19)16-2/h7-8,10,12,16H,3-6,9,15H2,1-2H3. The SMILES string of the molecule is CCC1CCCCN1c1ccc(N)cc1S(=O)(=O)NC. The van der Waals surface area contributed by atoms with Gasteiger partial charge in [0, 0.05) is 18.3 Å². The van der Waals surface area contributed by atoms with E-state index in [0.717, 1.165) is 31.5 Å². The van der Waals surface area contributed by atoms with Gasteiger partial charge in [-0.25, -0.2) is 13.1 Å². The van der Waals surface area contributed by atoms with Crippen LogP contribution in [0.1, 0.15) is 32.6 Å². The van der Waals surface area contributed by atoms with Gasteiger partial charge in [-0.1, -0.05) is 6.92 Å². The summed E-state index contributed by atoms with van der Waals surface area (Å²) in [5.41, 5.74) is 6.99. The molecule has 3 N–H and O–H groups in total. The molecule has 1 atom stereocenters. The summed E-state index contributed by atoms with van der Waals surface area (Å²) in [4.78, 5) is 2.49. The number of hydrogen-bond acceptors (Lipinski definition) is 4. The van der Waals surface area contributed by atoms with Crippen molar-refractivity contribution in [3.05, 3.63) is 18.2 Å². The zero-order chi connectivity index (χ0) is 14.8. The Hall–Kier alpha value is -1.27. The van der Waals surface area contributed by atoms with Gasteiger partial charge in [-0.05, 0) is 50.9 Å². The molecule has 6 heteroatoms. The molecule has 0 saturated carbocycles. The van der Waals surface area contributed by atoms with Crippen LogP contribution in [0.15, 0.2) is 23.1 Å². The quantitative estimate of drug-likeness (QED) is 0.833. The molecule has 112 valence electrons. The first kappa shape index (κ1) is 15.1. The molecule has 2 rings (SSSR count). The molecular formula is C14H23N3O2S. The lowest BCUT2D eigenvalue weighted by Crippen LogP contribution is -2.40. The lowest BCUT2D eigenvalue weighted by molar-refractivity contribution is 0.447. The lowest BCUT2D eigenvalue weighted by Gasteiger charge is -2.38. The van der Waals surface area contributed by atoms with Crippen LogP contribution in [-0.4, -0.2) is 28.1 Å². The van der Waals surface area contributed by atoms with Gasteiger partial charge in [0.1, 0.15) is 4.90 Å². The largest absolute Gasteiger partial charge is 0.399 e. The molecule has 1 aromatic rings. The number of sulfonamides is 1. The number of rotatable bonds is 4. The zero-order valence-corrected chi connectivity index (χ0v) is 12.9. The topological polar surface area (TPSA) is 75.4 Å². The average molecular weight is 297 g/mol. The van der Waals surface area contributed by atoms with Gasteiger partial charge in [-0.2, -0.15) is 0 Å². The summed E-state index contributed by atoms with van der Waals surface area (Å²) in [5, 5.41) is 0. The van der Waals surface area contributed by atoms with Crippen molar-refractivity contribution in [1.29, 1.82) is 0 Å². The number of anilines is 2. The van der Waals surface area contributed by atoms with Crippen LogP contribution in [0, 0.1) is 0 Å². The number of nitrogen functional groups attached to an aromatic ring is 1. The maximum absolute atomic E-state index is 12.2. The summed E-state index contributed by atoms with van der Waals surface area (Å²) in [7, 11) is -2.08. The van der Waals surface area contributed by atoms with E-state index >= 15 is 0 Å². The minimum Gasteiger partial charge on any atom is -0.399 e. The minimum absolute atomic E-state index is 0.278. The Kier molecular flexibility index (Phi) is 4.55. The van der Waals surface area contributed by atoms with Gasteiger partial charge in [0.2, 0.25) is 10.0 Å². The summed E-state index contributed by atoms with van der Waals surface area (Å²) >= 11 is 0. The predicted octanol–water partition coefficient (Wildman–Crippen LogP) is 1.95. The molecule has 0 amide bonds. The maximum Gasteiger partial charge on any atom is 0.242 e. The molecule has 1 saturated heterocycles. The van der Waals surface area contributed by atoms with Gasteiger partial charge in [-0.15, -0.1) is 0 Å². The van der Waals surface area contributed by atoms with Gasteiger partial charge in [0.15, 0.2) is 0 Å². The average Bonchev–Trinajstić information content (AvgIpc) is 2.47. The van der Waals surface area contributed by atoms with E-state index < -0.39 is 10.0 Å². The molecule has 1 unspecified atom stereocenters. The zero-order valence-electron chi connectivity index (χ0n) is 12.1. The van der Waals surface area contributed by atoms with E-state index in [0.29, 0.717) is 11.7 Å². The van der Waals surface area contributed by atoms with Crippen LogP contribution in [0.4, 0.5) is 11.4 Å². The van der Waals surface area contributed by atoms with E-state index in [1.807, 2.05) is 6.07 Å². The number of hydrogen-bond donors (Lipinski definition) is 2. The number of nitrogens with two attached hydrogens (primary N) is 1. The van der Waals surface area contributed by atoms with E-state index in [-0.39, 0.29) is 4.90 Å². The van der Waals surface area contributed by atoms with E-state index in [1.165, 1.54) is 13.5 Å². The normalized spacial score (nSPS) is 20.1. The summed E-state index contributed by atoms with van der Waals surface area (Å²) < 4.78 is 26.8. The van der Waals surface area contributed by atoms with Crippen molar-refractivity contribution < 1.29 is 8.42 Å². The third-order valence-corrected chi connectivity index (χ3v) is 5.39. The highest BCUT2D eigenvalue weighted by Crippen LogP contribution is 2.33. The summed E-state index contributed by atoms with van der Waals surface area (Å²) in [6, 6.07) is 5.54. The monoisotopic (exact) mass is 297 g/mol. The highest BCUT2D eigenvalue weighted by atomic mass is 32.2. The first-order valence-corrected chi connectivity index (χ1v) is 8.57. The minimum atomic E-state index is -3.50. The second-order valence-corrected chi connectivity index (χ2v) is 7.04. The number of nitrogens with one attached hydrogen (secondary N) is 1. The fraction of sp³-hybridized carbons (Fsp3) is 0.571. The Balaban J connectivity index is 2.50. The van der Waals surface area contributed by atoms with E-state index in [2.05, 4.69) is 16.5 Å². The molecule has 5 nitrogen and oxygen atoms in total. The molecule has 0 aliphatic carbocycles. The number of nitrogens with zero attached hydrogens (tertiary/aromatic N) is 1. The third-order valence-electron chi connectivity index (χ3n) is 3.95. The van der Waals surface area contributed by atoms with Crippen LogP contribution in [-0.2, 0) is 10.0 Å². The molecule has 1 fully saturated rings. The van der Waals surface area contributed by atoms with E-state index in [4.69, 9.17) is 5.73 Å². The highest BCUT2D eigenvalue weighted by Gasteiger charge is 2.27. The van der Waals surface area contributed by atoms with Crippen molar-refractivity contribution in [3.8, 4) is 0 Å². The van der Waals surface area contributed by atoms with E-state index in [9.17, 15) is 8.42 Å². The van der Waals surface area contributed by atoms with Crippen molar-refractivity contribution >= 4 is 21.4 Å². The summed E-state index contributed by atoms with van der Waals surface area (Å²) in [5.74, 6) is 0. The summed E-state index contributed by atoms with van der Waals surface area (Å²) in [6.45, 7) is 3.04. The third kappa shape index (κ3) is 2.91. The molecule has 0 radical (unpaired) electrons. The molecule has 1 aromatic carbocycles. The highest BCUT2D eigenvalue weighted by molar-refractivity contribution is 7.89. The summed E-state index contributed by atoms with van der Waals surface area (Å²) in [6.07, 6.45) is 4.43. The van der Waals surface area contributed by atoms with Crippen LogP contribution >= 0.6 is 0 Å². The van der Waals surface area contributed by atoms with E-state index in [1.54, 1.807) is 12.1 Å². The van der Waals surface area contributed by atoms with Gasteiger partial charge < -0.3 is 10.6 Å². The Morgan fingerprint density at radius 1 is 1.40 bits per heavy atom. The Morgan fingerprint density at radius 2 is 2.15 bits per heavy atom. The van der Waals surface area contributed by atoms with Gasteiger partial charge in [0.25, 0.3) is 0 Å². The molecule has 1 aliphatic heterocycles. The van der Waals surface area contributed by atoms with Crippen LogP contribution in [0.25, 0.3) is 0 Å². The first-order chi connectivity index (χ1) is 9.49. The Bertz CT molecular complexity index is 572. The van der Waals surface area contributed by atoms with Crippen LogP contribution in [0.5, 0.6) is 0 Å². The Labute approximate surface area is 121 Å². The molecule has 1 heterocycles. The van der Waals surface area contributed by atoms with Crippen LogP contribution < -0.4 is 15.4 Å². The fourth-order valence-corrected chi connectivity index (χ4v) is 3.81. The van der Waals surface area contributed by atoms with Crippen molar-refractivity contribution in [2.45, 2.75) is 43.5 Å².